The van der Waals surface area contributed by atoms with Crippen LogP contribution >= 0.6 is 11.6 Å². The molecule has 0 aliphatic carbocycles. The number of rotatable bonds is 5. The highest BCUT2D eigenvalue weighted by molar-refractivity contribution is 6.17. The summed E-state index contributed by atoms with van der Waals surface area (Å²) in [5, 5.41) is 18.8. The number of hydrogen-bond donors (Lipinski definition) is 2. The Hall–Kier alpha value is -0.320. The van der Waals surface area contributed by atoms with Gasteiger partial charge in [-0.15, -0.1) is 11.6 Å². The summed E-state index contributed by atoms with van der Waals surface area (Å²) in [5.41, 5.74) is -0.722. The van der Waals surface area contributed by atoms with Crippen molar-refractivity contribution < 1.29 is 19.7 Å². The zero-order valence-electron chi connectivity index (χ0n) is 9.42. The van der Waals surface area contributed by atoms with Crippen LogP contribution in [0.4, 0.5) is 0 Å². The molecule has 0 saturated carbocycles. The topological polar surface area (TPSA) is 66.8 Å². The molecule has 0 aromatic heterocycles. The van der Waals surface area contributed by atoms with E-state index in [1.165, 1.54) is 0 Å². The summed E-state index contributed by atoms with van der Waals surface area (Å²) in [4.78, 5) is 11.3. The van der Waals surface area contributed by atoms with Crippen LogP contribution in [0.15, 0.2) is 0 Å². The van der Waals surface area contributed by atoms with E-state index in [9.17, 15) is 15.0 Å². The van der Waals surface area contributed by atoms with Crippen LogP contribution in [0.3, 0.4) is 0 Å². The second-order valence-corrected chi connectivity index (χ2v) is 4.84. The molecule has 0 atom stereocenters. The minimum Gasteiger partial charge on any atom is -0.456 e. The quantitative estimate of drug-likeness (QED) is 0.329. The number of carbonyl (C=O) groups excluding carboxylic acids is 1. The molecule has 0 saturated heterocycles. The van der Waals surface area contributed by atoms with E-state index in [4.69, 9.17) is 16.3 Å². The molecule has 0 amide bonds. The van der Waals surface area contributed by atoms with Gasteiger partial charge in [0.25, 0.3) is 5.79 Å². The van der Waals surface area contributed by atoms with Gasteiger partial charge in [-0.3, -0.25) is 0 Å². The van der Waals surface area contributed by atoms with Crippen LogP contribution in [-0.2, 0) is 9.53 Å². The van der Waals surface area contributed by atoms with Crippen molar-refractivity contribution in [3.63, 3.8) is 0 Å². The van der Waals surface area contributed by atoms with Gasteiger partial charge in [-0.05, 0) is 33.6 Å². The van der Waals surface area contributed by atoms with E-state index in [1.54, 1.807) is 20.8 Å². The summed E-state index contributed by atoms with van der Waals surface area (Å²) in [6, 6.07) is 0. The monoisotopic (exact) mass is 238 g/mol. The predicted molar refractivity (Wildman–Crippen MR) is 57.6 cm³/mol. The van der Waals surface area contributed by atoms with E-state index < -0.39 is 17.4 Å². The number of hydrogen-bond acceptors (Lipinski definition) is 4. The summed E-state index contributed by atoms with van der Waals surface area (Å²) >= 11 is 5.44. The lowest BCUT2D eigenvalue weighted by molar-refractivity contribution is -0.221. The molecule has 0 aromatic rings. The second kappa shape index (κ2) is 5.68. The van der Waals surface area contributed by atoms with E-state index >= 15 is 0 Å². The van der Waals surface area contributed by atoms with Crippen molar-refractivity contribution >= 4 is 17.6 Å². The minimum atomic E-state index is -2.40. The molecule has 15 heavy (non-hydrogen) atoms. The Kier molecular flexibility index (Phi) is 5.56. The van der Waals surface area contributed by atoms with E-state index in [-0.39, 0.29) is 6.42 Å². The molecule has 2 N–H and O–H groups in total. The smallest absolute Gasteiger partial charge is 0.366 e. The fraction of sp³-hybridized carbons (Fsp3) is 0.900. The van der Waals surface area contributed by atoms with Gasteiger partial charge in [0.1, 0.15) is 5.60 Å². The molecule has 5 heteroatoms. The average Bonchev–Trinajstić information content (AvgIpc) is 2.01. The Morgan fingerprint density at radius 2 is 1.80 bits per heavy atom. The standard InChI is InChI=1S/C10H19ClO4/c1-9(2,3)15-8(12)10(13,14)6-4-5-7-11/h13-14H,4-7H2,1-3H3. The molecule has 0 spiro atoms. The van der Waals surface area contributed by atoms with Gasteiger partial charge in [-0.25, -0.2) is 4.79 Å². The maximum Gasteiger partial charge on any atom is 0.366 e. The molecule has 0 heterocycles. The zero-order chi connectivity index (χ0) is 12.1. The van der Waals surface area contributed by atoms with Crippen LogP contribution in [0, 0.1) is 0 Å². The van der Waals surface area contributed by atoms with Crippen LogP contribution in [0.1, 0.15) is 40.0 Å². The molecule has 0 radical (unpaired) electrons. The summed E-state index contributed by atoms with van der Waals surface area (Å²) in [5.74, 6) is -2.98. The van der Waals surface area contributed by atoms with Crippen molar-refractivity contribution in [1.82, 2.24) is 0 Å². The second-order valence-electron chi connectivity index (χ2n) is 4.46. The minimum absolute atomic E-state index is 0.0609. The summed E-state index contributed by atoms with van der Waals surface area (Å²) in [6.45, 7) is 5.00. The Balaban J connectivity index is 4.14. The lowest BCUT2D eigenvalue weighted by Crippen LogP contribution is -2.43. The Bertz CT molecular complexity index is 208. The van der Waals surface area contributed by atoms with Crippen LogP contribution in [-0.4, -0.2) is 33.5 Å². The van der Waals surface area contributed by atoms with Gasteiger partial charge in [0.05, 0.1) is 0 Å². The first-order valence-electron chi connectivity index (χ1n) is 4.93. The van der Waals surface area contributed by atoms with Crippen molar-refractivity contribution in [2.45, 2.75) is 51.4 Å². The van der Waals surface area contributed by atoms with Gasteiger partial charge >= 0.3 is 5.97 Å². The van der Waals surface area contributed by atoms with Gasteiger partial charge in [0.15, 0.2) is 0 Å². The third-order valence-electron chi connectivity index (χ3n) is 1.63. The molecule has 0 unspecified atom stereocenters. The number of esters is 1. The normalized spacial score (nSPS) is 12.7. The summed E-state index contributed by atoms with van der Waals surface area (Å²) in [7, 11) is 0. The van der Waals surface area contributed by atoms with Gasteiger partial charge in [0.2, 0.25) is 0 Å². The fourth-order valence-electron chi connectivity index (χ4n) is 0.928. The number of alkyl halides is 1. The first-order chi connectivity index (χ1) is 6.69. The van der Waals surface area contributed by atoms with Crippen LogP contribution in [0.25, 0.3) is 0 Å². The average molecular weight is 239 g/mol. The Morgan fingerprint density at radius 3 is 2.20 bits per heavy atom. The fourth-order valence-corrected chi connectivity index (χ4v) is 1.12. The molecule has 0 aliphatic heterocycles. The summed E-state index contributed by atoms with van der Waals surface area (Å²) < 4.78 is 4.86. The number of ether oxygens (including phenoxy) is 1. The van der Waals surface area contributed by atoms with Crippen molar-refractivity contribution in [1.29, 1.82) is 0 Å². The van der Waals surface area contributed by atoms with Crippen molar-refractivity contribution in [3.8, 4) is 0 Å². The summed E-state index contributed by atoms with van der Waals surface area (Å²) in [6.07, 6.45) is 1.04. The lowest BCUT2D eigenvalue weighted by Gasteiger charge is -2.26. The maximum absolute atomic E-state index is 11.3. The van der Waals surface area contributed by atoms with E-state index in [1.807, 2.05) is 0 Å². The predicted octanol–water partition coefficient (Wildman–Crippen LogP) is 1.42. The highest BCUT2D eigenvalue weighted by Crippen LogP contribution is 2.17. The number of aliphatic hydroxyl groups is 2. The van der Waals surface area contributed by atoms with Crippen LogP contribution in [0.5, 0.6) is 0 Å². The first-order valence-corrected chi connectivity index (χ1v) is 5.46. The maximum atomic E-state index is 11.3. The van der Waals surface area contributed by atoms with E-state index in [0.717, 1.165) is 0 Å². The van der Waals surface area contributed by atoms with Gasteiger partial charge in [-0.2, -0.15) is 0 Å². The number of carbonyl (C=O) groups is 1. The molecule has 0 rings (SSSR count). The molecule has 0 aliphatic rings. The third-order valence-corrected chi connectivity index (χ3v) is 1.90. The van der Waals surface area contributed by atoms with Crippen LogP contribution < -0.4 is 0 Å². The van der Waals surface area contributed by atoms with Crippen molar-refractivity contribution in [2.24, 2.45) is 0 Å². The van der Waals surface area contributed by atoms with Crippen molar-refractivity contribution in [3.05, 3.63) is 0 Å². The van der Waals surface area contributed by atoms with Gasteiger partial charge < -0.3 is 14.9 Å². The SMILES string of the molecule is CC(C)(C)OC(=O)C(O)(O)CCCCCl. The van der Waals surface area contributed by atoms with E-state index in [0.29, 0.717) is 18.7 Å². The van der Waals surface area contributed by atoms with Crippen molar-refractivity contribution in [2.75, 3.05) is 5.88 Å². The number of unbranched alkanes of at least 4 members (excludes halogenated alkanes) is 1. The Morgan fingerprint density at radius 1 is 1.27 bits per heavy atom. The largest absolute Gasteiger partial charge is 0.456 e. The third kappa shape index (κ3) is 6.71. The highest BCUT2D eigenvalue weighted by atomic mass is 35.5. The van der Waals surface area contributed by atoms with E-state index in [2.05, 4.69) is 0 Å². The molecule has 4 nitrogen and oxygen atoms in total. The zero-order valence-corrected chi connectivity index (χ0v) is 10.2. The van der Waals surface area contributed by atoms with Crippen LogP contribution in [0.2, 0.25) is 0 Å². The number of halogens is 1. The Labute approximate surface area is 95.2 Å². The molecule has 90 valence electrons. The molecule has 0 aromatic carbocycles. The first kappa shape index (κ1) is 14.7. The highest BCUT2D eigenvalue weighted by Gasteiger charge is 2.36. The van der Waals surface area contributed by atoms with Gasteiger partial charge in [-0.1, -0.05) is 0 Å². The van der Waals surface area contributed by atoms with Gasteiger partial charge in [0, 0.05) is 12.3 Å². The molecular formula is C10H19ClO4. The molecule has 0 fully saturated rings. The molecule has 0 bridgehead atoms. The lowest BCUT2D eigenvalue weighted by atomic mass is 10.1. The molecular weight excluding hydrogens is 220 g/mol.